The van der Waals surface area contributed by atoms with E-state index in [1.165, 1.54) is 12.0 Å². The highest BCUT2D eigenvalue weighted by atomic mass is 35.5. The van der Waals surface area contributed by atoms with E-state index in [9.17, 15) is 9.59 Å². The monoisotopic (exact) mass is 380 g/mol. The molecule has 0 atom stereocenters. The van der Waals surface area contributed by atoms with Gasteiger partial charge < -0.3 is 14.8 Å². The number of amides is 2. The summed E-state index contributed by atoms with van der Waals surface area (Å²) in [6.45, 7) is -0.326. The van der Waals surface area contributed by atoms with Gasteiger partial charge in [0.15, 0.2) is 6.61 Å². The molecule has 0 aliphatic carbocycles. The van der Waals surface area contributed by atoms with Crippen LogP contribution in [0.5, 0.6) is 11.5 Å². The fourth-order valence-electron chi connectivity index (χ4n) is 2.46. The first-order valence-electron chi connectivity index (χ1n) is 7.34. The van der Waals surface area contributed by atoms with Crippen molar-refractivity contribution in [2.45, 2.75) is 0 Å². The van der Waals surface area contributed by atoms with E-state index in [-0.39, 0.29) is 19.1 Å². The molecule has 0 saturated carbocycles. The van der Waals surface area contributed by atoms with Crippen LogP contribution in [0, 0.1) is 0 Å². The lowest BCUT2D eigenvalue weighted by atomic mass is 10.2. The van der Waals surface area contributed by atoms with Crippen LogP contribution in [0.3, 0.4) is 0 Å². The van der Waals surface area contributed by atoms with Crippen LogP contribution in [-0.2, 0) is 9.59 Å². The summed E-state index contributed by atoms with van der Waals surface area (Å²) in [6, 6.07) is 9.78. The molecule has 1 aliphatic rings. The number of rotatable bonds is 4. The Hall–Kier alpha value is -2.44. The Labute approximate surface area is 154 Å². The second-order valence-corrected chi connectivity index (χ2v) is 6.15. The van der Waals surface area contributed by atoms with Crippen molar-refractivity contribution < 1.29 is 19.1 Å². The van der Waals surface area contributed by atoms with Gasteiger partial charge in [-0.2, -0.15) is 0 Å². The van der Waals surface area contributed by atoms with E-state index < -0.39 is 5.91 Å². The number of methoxy groups -OCH3 is 1. The summed E-state index contributed by atoms with van der Waals surface area (Å²) >= 11 is 11.9. The Balaban J connectivity index is 1.81. The molecule has 0 unspecified atom stereocenters. The van der Waals surface area contributed by atoms with Crippen LogP contribution in [0.25, 0.3) is 0 Å². The molecule has 0 spiro atoms. The molecular formula is C17H14Cl2N2O4. The smallest absolute Gasteiger partial charge is 0.265 e. The average Bonchev–Trinajstić information content (AvgIpc) is 2.58. The quantitative estimate of drug-likeness (QED) is 0.882. The van der Waals surface area contributed by atoms with Crippen LogP contribution in [0.4, 0.5) is 11.4 Å². The molecule has 6 nitrogen and oxygen atoms in total. The lowest BCUT2D eigenvalue weighted by molar-refractivity contribution is -0.123. The van der Waals surface area contributed by atoms with Crippen LogP contribution in [0.15, 0.2) is 36.4 Å². The molecule has 3 rings (SSSR count). The maximum Gasteiger partial charge on any atom is 0.265 e. The van der Waals surface area contributed by atoms with E-state index in [1.54, 1.807) is 36.4 Å². The SMILES string of the molecule is COc1ccc(Cl)cc1NC(=O)CN1C(=O)COc2ccc(Cl)cc21. The first-order valence-corrected chi connectivity index (χ1v) is 8.09. The fourth-order valence-corrected chi connectivity index (χ4v) is 2.80. The number of anilines is 2. The molecule has 2 amide bonds. The molecule has 8 heteroatoms. The van der Waals surface area contributed by atoms with Crippen LogP contribution in [0.1, 0.15) is 0 Å². The minimum absolute atomic E-state index is 0.137. The molecule has 0 saturated heterocycles. The third-order valence-corrected chi connectivity index (χ3v) is 4.07. The van der Waals surface area contributed by atoms with Crippen molar-refractivity contribution in [2.24, 2.45) is 0 Å². The zero-order chi connectivity index (χ0) is 18.0. The number of carbonyl (C=O) groups is 2. The van der Waals surface area contributed by atoms with Gasteiger partial charge in [0.25, 0.3) is 5.91 Å². The van der Waals surface area contributed by atoms with Crippen LogP contribution < -0.4 is 19.7 Å². The number of nitrogens with zero attached hydrogens (tertiary/aromatic N) is 1. The van der Waals surface area contributed by atoms with E-state index in [0.29, 0.717) is 32.9 Å². The Kier molecular flexibility index (Phi) is 5.01. The largest absolute Gasteiger partial charge is 0.495 e. The molecule has 1 aliphatic heterocycles. The zero-order valence-corrected chi connectivity index (χ0v) is 14.7. The van der Waals surface area contributed by atoms with Crippen molar-refractivity contribution in [1.82, 2.24) is 0 Å². The van der Waals surface area contributed by atoms with Crippen molar-refractivity contribution in [3.05, 3.63) is 46.4 Å². The maximum atomic E-state index is 12.4. The third-order valence-electron chi connectivity index (χ3n) is 3.60. The van der Waals surface area contributed by atoms with E-state index in [2.05, 4.69) is 5.32 Å². The van der Waals surface area contributed by atoms with Gasteiger partial charge in [-0.1, -0.05) is 23.2 Å². The van der Waals surface area contributed by atoms with Gasteiger partial charge in [-0.15, -0.1) is 0 Å². The second-order valence-electron chi connectivity index (χ2n) is 5.27. The summed E-state index contributed by atoms with van der Waals surface area (Å²) in [6.07, 6.45) is 0. The van der Waals surface area contributed by atoms with Gasteiger partial charge in [-0.05, 0) is 36.4 Å². The van der Waals surface area contributed by atoms with Crippen LogP contribution in [-0.4, -0.2) is 32.1 Å². The molecule has 0 aromatic heterocycles. The number of hydrogen-bond donors (Lipinski definition) is 1. The first kappa shape index (κ1) is 17.4. The number of halogens is 2. The molecule has 2 aromatic rings. The van der Waals surface area contributed by atoms with Crippen molar-refractivity contribution in [2.75, 3.05) is 30.5 Å². The van der Waals surface area contributed by atoms with E-state index in [1.807, 2.05) is 0 Å². The lowest BCUT2D eigenvalue weighted by Crippen LogP contribution is -2.43. The molecule has 0 bridgehead atoms. The van der Waals surface area contributed by atoms with Gasteiger partial charge in [-0.25, -0.2) is 0 Å². The molecule has 1 heterocycles. The standard InChI is InChI=1S/C17H14Cl2N2O4/c1-24-14-4-2-10(18)6-12(14)20-16(22)8-21-13-7-11(19)3-5-15(13)25-9-17(21)23/h2-7H,8-9H2,1H3,(H,20,22). The first-order chi connectivity index (χ1) is 12.0. The highest BCUT2D eigenvalue weighted by Crippen LogP contribution is 2.34. The van der Waals surface area contributed by atoms with Crippen molar-refractivity contribution in [1.29, 1.82) is 0 Å². The summed E-state index contributed by atoms with van der Waals surface area (Å²) < 4.78 is 10.5. The Morgan fingerprint density at radius 2 is 1.96 bits per heavy atom. The molecule has 130 valence electrons. The number of ether oxygens (including phenoxy) is 2. The summed E-state index contributed by atoms with van der Waals surface area (Å²) in [5.74, 6) is 0.233. The molecule has 0 fully saturated rings. The normalized spacial score (nSPS) is 13.1. The van der Waals surface area contributed by atoms with Crippen LogP contribution in [0.2, 0.25) is 10.0 Å². The van der Waals surface area contributed by atoms with Gasteiger partial charge in [-0.3, -0.25) is 14.5 Å². The molecule has 25 heavy (non-hydrogen) atoms. The summed E-state index contributed by atoms with van der Waals surface area (Å²) in [7, 11) is 1.49. The number of hydrogen-bond acceptors (Lipinski definition) is 4. The highest BCUT2D eigenvalue weighted by Gasteiger charge is 2.27. The van der Waals surface area contributed by atoms with E-state index >= 15 is 0 Å². The number of fused-ring (bicyclic) bond motifs is 1. The average molecular weight is 381 g/mol. The lowest BCUT2D eigenvalue weighted by Gasteiger charge is -2.29. The summed E-state index contributed by atoms with van der Waals surface area (Å²) in [5.41, 5.74) is 0.879. The Morgan fingerprint density at radius 3 is 2.72 bits per heavy atom. The Bertz CT molecular complexity index is 841. The van der Waals surface area contributed by atoms with Crippen molar-refractivity contribution >= 4 is 46.4 Å². The molecule has 1 N–H and O–H groups in total. The van der Waals surface area contributed by atoms with E-state index in [4.69, 9.17) is 32.7 Å². The van der Waals surface area contributed by atoms with Crippen LogP contribution >= 0.6 is 23.2 Å². The third kappa shape index (κ3) is 3.81. The summed E-state index contributed by atoms with van der Waals surface area (Å²) in [4.78, 5) is 25.9. The van der Waals surface area contributed by atoms with Gasteiger partial charge in [0.2, 0.25) is 5.91 Å². The van der Waals surface area contributed by atoms with Gasteiger partial charge >= 0.3 is 0 Å². The molecular weight excluding hydrogens is 367 g/mol. The minimum atomic E-state index is -0.401. The predicted molar refractivity (Wildman–Crippen MR) is 95.9 cm³/mol. The fraction of sp³-hybridized carbons (Fsp3) is 0.176. The summed E-state index contributed by atoms with van der Waals surface area (Å²) in [5, 5.41) is 3.60. The zero-order valence-electron chi connectivity index (χ0n) is 13.2. The molecule has 0 radical (unpaired) electrons. The Morgan fingerprint density at radius 1 is 1.24 bits per heavy atom. The second kappa shape index (κ2) is 7.21. The topological polar surface area (TPSA) is 67.9 Å². The predicted octanol–water partition coefficient (Wildman–Crippen LogP) is 3.37. The maximum absolute atomic E-state index is 12.4. The molecule has 2 aromatic carbocycles. The number of nitrogens with one attached hydrogen (secondary N) is 1. The van der Waals surface area contributed by atoms with E-state index in [0.717, 1.165) is 0 Å². The number of carbonyl (C=O) groups excluding carboxylic acids is 2. The van der Waals surface area contributed by atoms with Gasteiger partial charge in [0, 0.05) is 10.0 Å². The van der Waals surface area contributed by atoms with Crippen molar-refractivity contribution in [3.8, 4) is 11.5 Å². The highest BCUT2D eigenvalue weighted by molar-refractivity contribution is 6.31. The van der Waals surface area contributed by atoms with Gasteiger partial charge in [0.1, 0.15) is 18.0 Å². The minimum Gasteiger partial charge on any atom is -0.495 e. The van der Waals surface area contributed by atoms with Crippen molar-refractivity contribution in [3.63, 3.8) is 0 Å². The van der Waals surface area contributed by atoms with Gasteiger partial charge in [0.05, 0.1) is 18.5 Å². The number of benzene rings is 2.